The van der Waals surface area contributed by atoms with E-state index in [1.807, 2.05) is 4.90 Å². The molecule has 0 saturated carbocycles. The molecule has 2 rings (SSSR count). The van der Waals surface area contributed by atoms with Crippen LogP contribution in [0.15, 0.2) is 24.3 Å². The zero-order valence-electron chi connectivity index (χ0n) is 11.7. The summed E-state index contributed by atoms with van der Waals surface area (Å²) in [7, 11) is 0. The first-order chi connectivity index (χ1) is 9.95. The molecule has 1 heterocycles. The molecular weight excluding hydrogens is 275 g/mol. The van der Waals surface area contributed by atoms with Crippen LogP contribution in [0.1, 0.15) is 18.9 Å². The van der Waals surface area contributed by atoms with Crippen LogP contribution in [0.25, 0.3) is 6.08 Å². The Hall–Kier alpha value is -2.37. The molecule has 1 atom stereocenters. The van der Waals surface area contributed by atoms with Crippen LogP contribution < -0.4 is 10.2 Å². The molecule has 0 aromatic heterocycles. The Morgan fingerprint density at radius 1 is 1.48 bits per heavy atom. The molecule has 2 N–H and O–H groups in total. The summed E-state index contributed by atoms with van der Waals surface area (Å²) in [6.45, 7) is 2.82. The van der Waals surface area contributed by atoms with Gasteiger partial charge in [0.15, 0.2) is 0 Å². The second-order valence-electron chi connectivity index (χ2n) is 5.01. The second kappa shape index (κ2) is 6.39. The lowest BCUT2D eigenvalue weighted by molar-refractivity contribution is -0.131. The number of carboxylic acid groups (broad SMARTS) is 1. The molecule has 0 aliphatic carbocycles. The first kappa shape index (κ1) is 15.0. The zero-order chi connectivity index (χ0) is 15.4. The number of aliphatic carboxylic acids is 1. The number of hydrogen-bond acceptors (Lipinski definition) is 3. The van der Waals surface area contributed by atoms with Crippen molar-refractivity contribution in [3.63, 3.8) is 0 Å². The minimum absolute atomic E-state index is 0.0591. The Morgan fingerprint density at radius 2 is 2.24 bits per heavy atom. The van der Waals surface area contributed by atoms with Crippen LogP contribution in [0.2, 0.25) is 0 Å². The minimum Gasteiger partial charge on any atom is -0.478 e. The molecule has 1 saturated heterocycles. The van der Waals surface area contributed by atoms with Gasteiger partial charge in [-0.25, -0.2) is 9.18 Å². The van der Waals surface area contributed by atoms with Gasteiger partial charge in [0.1, 0.15) is 5.82 Å². The van der Waals surface area contributed by atoms with Gasteiger partial charge in [0.05, 0.1) is 0 Å². The number of rotatable bonds is 4. The highest BCUT2D eigenvalue weighted by atomic mass is 19.1. The van der Waals surface area contributed by atoms with Gasteiger partial charge in [-0.15, -0.1) is 0 Å². The van der Waals surface area contributed by atoms with Crippen LogP contribution in [0.5, 0.6) is 0 Å². The smallest absolute Gasteiger partial charge is 0.328 e. The molecule has 1 fully saturated rings. The summed E-state index contributed by atoms with van der Waals surface area (Å²) in [5, 5.41) is 11.6. The fourth-order valence-electron chi connectivity index (χ4n) is 2.49. The van der Waals surface area contributed by atoms with Crippen LogP contribution in [-0.2, 0) is 9.59 Å². The molecule has 0 radical (unpaired) electrons. The number of amides is 1. The van der Waals surface area contributed by atoms with Crippen molar-refractivity contribution in [1.82, 2.24) is 5.32 Å². The van der Waals surface area contributed by atoms with Crippen LogP contribution in [0.4, 0.5) is 10.1 Å². The maximum Gasteiger partial charge on any atom is 0.328 e. The number of carbonyl (C=O) groups is 2. The van der Waals surface area contributed by atoms with Gasteiger partial charge in [-0.05, 0) is 30.7 Å². The van der Waals surface area contributed by atoms with Crippen molar-refractivity contribution in [2.75, 3.05) is 18.0 Å². The molecule has 5 nitrogen and oxygen atoms in total. The third-order valence-corrected chi connectivity index (χ3v) is 3.33. The number of hydrogen-bond donors (Lipinski definition) is 2. The van der Waals surface area contributed by atoms with E-state index in [0.717, 1.165) is 24.7 Å². The molecule has 1 aromatic rings. The maximum absolute atomic E-state index is 13.4. The number of nitrogens with one attached hydrogen (secondary N) is 1. The van der Waals surface area contributed by atoms with Crippen molar-refractivity contribution in [3.8, 4) is 0 Å². The van der Waals surface area contributed by atoms with Crippen LogP contribution in [-0.4, -0.2) is 36.1 Å². The van der Waals surface area contributed by atoms with E-state index in [0.29, 0.717) is 12.1 Å². The lowest BCUT2D eigenvalue weighted by Gasteiger charge is -2.21. The largest absolute Gasteiger partial charge is 0.478 e. The number of nitrogens with zero attached hydrogens (tertiary/aromatic N) is 1. The average molecular weight is 292 g/mol. The molecular formula is C15H17FN2O3. The van der Waals surface area contributed by atoms with Gasteiger partial charge >= 0.3 is 5.97 Å². The predicted octanol–water partition coefficient (Wildman–Crippen LogP) is 1.64. The van der Waals surface area contributed by atoms with Crippen molar-refractivity contribution in [2.45, 2.75) is 19.4 Å². The monoisotopic (exact) mass is 292 g/mol. The fourth-order valence-corrected chi connectivity index (χ4v) is 2.49. The standard InChI is InChI=1S/C15H17FN2O3/c1-10(19)17-13-6-7-18(9-13)14-4-3-12(16)8-11(14)2-5-15(20)21/h2-5,8,13H,6-7,9H2,1H3,(H,17,19)(H,20,21)/b5-2+. The summed E-state index contributed by atoms with van der Waals surface area (Å²) in [6, 6.07) is 4.34. The normalized spacial score (nSPS) is 18.2. The van der Waals surface area contributed by atoms with E-state index < -0.39 is 11.8 Å². The molecule has 1 amide bonds. The van der Waals surface area contributed by atoms with E-state index in [1.165, 1.54) is 25.1 Å². The average Bonchev–Trinajstić information content (AvgIpc) is 2.83. The first-order valence-corrected chi connectivity index (χ1v) is 6.68. The molecule has 0 bridgehead atoms. The Kier molecular flexibility index (Phi) is 4.57. The van der Waals surface area contributed by atoms with Gasteiger partial charge in [-0.1, -0.05) is 0 Å². The lowest BCUT2D eigenvalue weighted by atomic mass is 10.1. The summed E-state index contributed by atoms with van der Waals surface area (Å²) < 4.78 is 13.4. The third kappa shape index (κ3) is 4.05. The maximum atomic E-state index is 13.4. The van der Waals surface area contributed by atoms with Crippen molar-refractivity contribution >= 4 is 23.6 Å². The molecule has 6 heteroatoms. The number of benzene rings is 1. The minimum atomic E-state index is -1.08. The molecule has 1 aromatic carbocycles. The summed E-state index contributed by atoms with van der Waals surface area (Å²) >= 11 is 0. The molecule has 21 heavy (non-hydrogen) atoms. The Balaban J connectivity index is 2.20. The quantitative estimate of drug-likeness (QED) is 0.828. The second-order valence-corrected chi connectivity index (χ2v) is 5.01. The van der Waals surface area contributed by atoms with E-state index in [4.69, 9.17) is 5.11 Å². The number of carboxylic acids is 1. The van der Waals surface area contributed by atoms with Gasteiger partial charge in [0.2, 0.25) is 5.91 Å². The SMILES string of the molecule is CC(=O)NC1CCN(c2ccc(F)cc2/C=C/C(=O)O)C1. The van der Waals surface area contributed by atoms with Crippen molar-refractivity contribution in [3.05, 3.63) is 35.7 Å². The van der Waals surface area contributed by atoms with E-state index in [-0.39, 0.29) is 11.9 Å². The number of halogens is 1. The molecule has 0 spiro atoms. The predicted molar refractivity (Wildman–Crippen MR) is 77.5 cm³/mol. The van der Waals surface area contributed by atoms with Gasteiger partial charge in [-0.2, -0.15) is 0 Å². The molecule has 1 aliphatic heterocycles. The van der Waals surface area contributed by atoms with Crippen molar-refractivity contribution in [1.29, 1.82) is 0 Å². The van der Waals surface area contributed by atoms with Crippen LogP contribution in [0.3, 0.4) is 0 Å². The summed E-state index contributed by atoms with van der Waals surface area (Å²) in [5.41, 5.74) is 1.28. The van der Waals surface area contributed by atoms with Crippen LogP contribution in [0, 0.1) is 5.82 Å². The lowest BCUT2D eigenvalue weighted by Crippen LogP contribution is -2.35. The highest BCUT2D eigenvalue weighted by Gasteiger charge is 2.24. The van der Waals surface area contributed by atoms with Crippen LogP contribution >= 0.6 is 0 Å². The number of anilines is 1. The van der Waals surface area contributed by atoms with Gasteiger partial charge in [0, 0.05) is 43.4 Å². The number of carbonyl (C=O) groups excluding carboxylic acids is 1. The topological polar surface area (TPSA) is 69.6 Å². The van der Waals surface area contributed by atoms with Crippen molar-refractivity contribution in [2.24, 2.45) is 0 Å². The Labute approximate surface area is 122 Å². The molecule has 1 unspecified atom stereocenters. The van der Waals surface area contributed by atoms with E-state index in [2.05, 4.69) is 5.32 Å². The highest BCUT2D eigenvalue weighted by molar-refractivity contribution is 5.87. The zero-order valence-corrected chi connectivity index (χ0v) is 11.7. The Bertz CT molecular complexity index is 586. The summed E-state index contributed by atoms with van der Waals surface area (Å²) in [6.07, 6.45) is 3.17. The first-order valence-electron chi connectivity index (χ1n) is 6.68. The highest BCUT2D eigenvalue weighted by Crippen LogP contribution is 2.26. The van der Waals surface area contributed by atoms with Gasteiger partial charge in [-0.3, -0.25) is 4.79 Å². The summed E-state index contributed by atoms with van der Waals surface area (Å²) in [5.74, 6) is -1.57. The van der Waals surface area contributed by atoms with E-state index in [1.54, 1.807) is 6.07 Å². The van der Waals surface area contributed by atoms with Gasteiger partial charge in [0.25, 0.3) is 0 Å². The van der Waals surface area contributed by atoms with E-state index in [9.17, 15) is 14.0 Å². The van der Waals surface area contributed by atoms with Crippen molar-refractivity contribution < 1.29 is 19.1 Å². The molecule has 1 aliphatic rings. The Morgan fingerprint density at radius 3 is 2.90 bits per heavy atom. The summed E-state index contributed by atoms with van der Waals surface area (Å²) in [4.78, 5) is 23.7. The molecule has 112 valence electrons. The fraction of sp³-hybridized carbons (Fsp3) is 0.333. The van der Waals surface area contributed by atoms with Gasteiger partial charge < -0.3 is 15.3 Å². The third-order valence-electron chi connectivity index (χ3n) is 3.33. The van der Waals surface area contributed by atoms with E-state index >= 15 is 0 Å².